The molecule has 22 heavy (non-hydrogen) atoms. The van der Waals surface area contributed by atoms with Crippen molar-refractivity contribution in [2.45, 2.75) is 6.92 Å². The van der Waals surface area contributed by atoms with E-state index in [0.717, 1.165) is 5.69 Å². The number of ketones is 1. The van der Waals surface area contributed by atoms with Crippen LogP contribution in [0.4, 0.5) is 5.69 Å². The van der Waals surface area contributed by atoms with Gasteiger partial charge < -0.3 is 4.74 Å². The Bertz CT molecular complexity index is 667. The summed E-state index contributed by atoms with van der Waals surface area (Å²) in [7, 11) is 0. The molecule has 0 aliphatic carbocycles. The molecule has 1 N–H and O–H groups in total. The highest BCUT2D eigenvalue weighted by Gasteiger charge is 2.12. The van der Waals surface area contributed by atoms with E-state index in [2.05, 4.69) is 10.5 Å². The van der Waals surface area contributed by atoms with E-state index in [9.17, 15) is 9.59 Å². The maximum absolute atomic E-state index is 11.8. The summed E-state index contributed by atoms with van der Waals surface area (Å²) < 4.78 is 4.95. The molecule has 2 aromatic carbocycles. The third kappa shape index (κ3) is 4.56. The average Bonchev–Trinajstić information content (AvgIpc) is 2.58. The topological polar surface area (TPSA) is 67.8 Å². The molecule has 0 heterocycles. The van der Waals surface area contributed by atoms with E-state index in [1.807, 2.05) is 36.4 Å². The number of rotatable bonds is 6. The van der Waals surface area contributed by atoms with E-state index in [-0.39, 0.29) is 18.1 Å². The number of carbonyl (C=O) groups excluding carboxylic acids is 2. The van der Waals surface area contributed by atoms with Crippen LogP contribution in [0.15, 0.2) is 65.8 Å². The Morgan fingerprint density at radius 1 is 1.00 bits per heavy atom. The van der Waals surface area contributed by atoms with Gasteiger partial charge in [-0.2, -0.15) is 5.10 Å². The second kappa shape index (κ2) is 7.73. The largest absolute Gasteiger partial charge is 0.453 e. The van der Waals surface area contributed by atoms with Crippen LogP contribution in [0.2, 0.25) is 0 Å². The number of hydrogen-bond acceptors (Lipinski definition) is 5. The first kappa shape index (κ1) is 15.4. The first-order chi connectivity index (χ1) is 10.7. The van der Waals surface area contributed by atoms with Crippen LogP contribution in [0.1, 0.15) is 17.3 Å². The number of anilines is 1. The summed E-state index contributed by atoms with van der Waals surface area (Å²) in [6.07, 6.45) is 0. The quantitative estimate of drug-likeness (QED) is 0.385. The van der Waals surface area contributed by atoms with Crippen molar-refractivity contribution in [3.63, 3.8) is 0 Å². The van der Waals surface area contributed by atoms with E-state index in [0.29, 0.717) is 5.56 Å². The number of nitrogens with zero attached hydrogens (tertiary/aromatic N) is 1. The molecule has 112 valence electrons. The van der Waals surface area contributed by atoms with Crippen molar-refractivity contribution in [1.82, 2.24) is 0 Å². The van der Waals surface area contributed by atoms with Crippen LogP contribution in [0.3, 0.4) is 0 Å². The third-order valence-corrected chi connectivity index (χ3v) is 2.85. The second-order valence-corrected chi connectivity index (χ2v) is 4.54. The fourth-order valence-electron chi connectivity index (χ4n) is 1.65. The minimum atomic E-state index is -0.632. The number of esters is 1. The lowest BCUT2D eigenvalue weighted by molar-refractivity contribution is -0.134. The van der Waals surface area contributed by atoms with Crippen LogP contribution < -0.4 is 5.43 Å². The molecule has 0 saturated carbocycles. The van der Waals surface area contributed by atoms with Crippen molar-refractivity contribution in [2.24, 2.45) is 5.10 Å². The Kier molecular flexibility index (Phi) is 5.43. The number of hydrazone groups is 1. The van der Waals surface area contributed by atoms with Gasteiger partial charge in [-0.05, 0) is 19.1 Å². The predicted octanol–water partition coefficient (Wildman–Crippen LogP) is 2.90. The Morgan fingerprint density at radius 3 is 2.23 bits per heavy atom. The molecule has 0 bridgehead atoms. The predicted molar refractivity (Wildman–Crippen MR) is 84.9 cm³/mol. The maximum Gasteiger partial charge on any atom is 0.354 e. The molecule has 0 spiro atoms. The number of hydrogen-bond donors (Lipinski definition) is 1. The molecule has 0 amide bonds. The Morgan fingerprint density at radius 2 is 1.59 bits per heavy atom. The van der Waals surface area contributed by atoms with Gasteiger partial charge in [-0.15, -0.1) is 0 Å². The highest BCUT2D eigenvalue weighted by Crippen LogP contribution is 2.05. The summed E-state index contributed by atoms with van der Waals surface area (Å²) in [5.74, 6) is -0.884. The van der Waals surface area contributed by atoms with E-state index < -0.39 is 5.97 Å². The molecule has 0 fully saturated rings. The molecular formula is C17H16N2O3. The van der Waals surface area contributed by atoms with Crippen LogP contribution in [0.5, 0.6) is 0 Å². The molecule has 2 rings (SSSR count). The van der Waals surface area contributed by atoms with Gasteiger partial charge in [0.1, 0.15) is 5.71 Å². The summed E-state index contributed by atoms with van der Waals surface area (Å²) in [4.78, 5) is 23.6. The Hall–Kier alpha value is -2.95. The van der Waals surface area contributed by atoms with Crippen molar-refractivity contribution >= 4 is 23.2 Å². The highest BCUT2D eigenvalue weighted by molar-refractivity contribution is 6.35. The molecule has 0 aromatic heterocycles. The number of nitrogens with one attached hydrogen (secondary N) is 1. The molecule has 0 atom stereocenters. The van der Waals surface area contributed by atoms with Gasteiger partial charge in [-0.3, -0.25) is 10.2 Å². The van der Waals surface area contributed by atoms with Crippen molar-refractivity contribution in [3.05, 3.63) is 66.2 Å². The van der Waals surface area contributed by atoms with E-state index >= 15 is 0 Å². The monoisotopic (exact) mass is 296 g/mol. The number of ether oxygens (including phenoxy) is 1. The summed E-state index contributed by atoms with van der Waals surface area (Å²) in [6, 6.07) is 17.9. The fraction of sp³-hybridized carbons (Fsp3) is 0.118. The summed E-state index contributed by atoms with van der Waals surface area (Å²) in [6.45, 7) is 1.21. The first-order valence-corrected chi connectivity index (χ1v) is 6.77. The van der Waals surface area contributed by atoms with Gasteiger partial charge in [0, 0.05) is 5.56 Å². The van der Waals surface area contributed by atoms with Crippen LogP contribution >= 0.6 is 0 Å². The number of carbonyl (C=O) groups is 2. The summed E-state index contributed by atoms with van der Waals surface area (Å²) in [5, 5.41) is 3.93. The molecule has 5 nitrogen and oxygen atoms in total. The van der Waals surface area contributed by atoms with Crippen molar-refractivity contribution in [1.29, 1.82) is 0 Å². The lowest BCUT2D eigenvalue weighted by atomic mass is 10.1. The SMILES string of the molecule is C/C(=N\Nc1ccccc1)C(=O)OCC(=O)c1ccccc1. The van der Waals surface area contributed by atoms with Crippen LogP contribution in [-0.4, -0.2) is 24.1 Å². The summed E-state index contributed by atoms with van der Waals surface area (Å²) >= 11 is 0. The van der Waals surface area contributed by atoms with E-state index in [1.54, 1.807) is 24.3 Å². The molecular weight excluding hydrogens is 280 g/mol. The zero-order valence-electron chi connectivity index (χ0n) is 12.2. The van der Waals surface area contributed by atoms with Gasteiger partial charge in [0.2, 0.25) is 0 Å². The fourth-order valence-corrected chi connectivity index (χ4v) is 1.65. The molecule has 0 aliphatic heterocycles. The van der Waals surface area contributed by atoms with Gasteiger partial charge in [-0.1, -0.05) is 48.5 Å². The van der Waals surface area contributed by atoms with Crippen molar-refractivity contribution in [3.8, 4) is 0 Å². The Balaban J connectivity index is 1.85. The normalized spacial score (nSPS) is 10.9. The standard InChI is InChI=1S/C17H16N2O3/c1-13(18-19-15-10-6-3-7-11-15)17(21)22-12-16(20)14-8-4-2-5-9-14/h2-11,19H,12H2,1H3/b18-13+. The van der Waals surface area contributed by atoms with Crippen LogP contribution in [0.25, 0.3) is 0 Å². The highest BCUT2D eigenvalue weighted by atomic mass is 16.5. The van der Waals surface area contributed by atoms with Crippen LogP contribution in [0, 0.1) is 0 Å². The lowest BCUT2D eigenvalue weighted by Crippen LogP contribution is -2.20. The number of Topliss-reactive ketones (excluding diaryl/α,β-unsaturated/α-hetero) is 1. The molecule has 0 aliphatic rings. The van der Waals surface area contributed by atoms with Gasteiger partial charge in [-0.25, -0.2) is 4.79 Å². The van der Waals surface area contributed by atoms with E-state index in [1.165, 1.54) is 6.92 Å². The lowest BCUT2D eigenvalue weighted by Gasteiger charge is -2.05. The van der Waals surface area contributed by atoms with Gasteiger partial charge >= 0.3 is 5.97 Å². The number of para-hydroxylation sites is 1. The van der Waals surface area contributed by atoms with Gasteiger partial charge in [0.25, 0.3) is 0 Å². The third-order valence-electron chi connectivity index (χ3n) is 2.85. The number of benzene rings is 2. The molecule has 0 saturated heterocycles. The zero-order valence-corrected chi connectivity index (χ0v) is 12.2. The van der Waals surface area contributed by atoms with Gasteiger partial charge in [0.15, 0.2) is 12.4 Å². The first-order valence-electron chi connectivity index (χ1n) is 6.77. The Labute approximate surface area is 128 Å². The summed E-state index contributed by atoms with van der Waals surface area (Å²) in [5.41, 5.74) is 4.16. The minimum Gasteiger partial charge on any atom is -0.453 e. The molecule has 5 heteroatoms. The maximum atomic E-state index is 11.8. The second-order valence-electron chi connectivity index (χ2n) is 4.54. The average molecular weight is 296 g/mol. The molecule has 2 aromatic rings. The smallest absolute Gasteiger partial charge is 0.354 e. The minimum absolute atomic E-state index is 0.143. The molecule has 0 unspecified atom stereocenters. The van der Waals surface area contributed by atoms with Gasteiger partial charge in [0.05, 0.1) is 5.69 Å². The van der Waals surface area contributed by atoms with Crippen molar-refractivity contribution in [2.75, 3.05) is 12.0 Å². The molecule has 0 radical (unpaired) electrons. The van der Waals surface area contributed by atoms with E-state index in [4.69, 9.17) is 4.74 Å². The zero-order chi connectivity index (χ0) is 15.8. The van der Waals surface area contributed by atoms with Crippen molar-refractivity contribution < 1.29 is 14.3 Å². The van der Waals surface area contributed by atoms with Crippen LogP contribution in [-0.2, 0) is 9.53 Å².